The second-order valence-corrected chi connectivity index (χ2v) is 8.60. The van der Waals surface area contributed by atoms with E-state index in [-0.39, 0.29) is 24.2 Å². The zero-order valence-electron chi connectivity index (χ0n) is 19.9. The Labute approximate surface area is 194 Å². The molecule has 188 valence electrons. The maximum Gasteiger partial charge on any atom is 0.235 e. The molecule has 6 nitrogen and oxygen atoms in total. The second kappa shape index (κ2) is 14.8. The van der Waals surface area contributed by atoms with E-state index in [2.05, 4.69) is 10.0 Å². The minimum atomic E-state index is -4.14. The van der Waals surface area contributed by atoms with Gasteiger partial charge in [-0.2, -0.15) is 0 Å². The van der Waals surface area contributed by atoms with Crippen LogP contribution in [0.15, 0.2) is 30.3 Å². The summed E-state index contributed by atoms with van der Waals surface area (Å²) in [5.74, 6) is -3.35. The number of hydrogen-bond donors (Lipinski definition) is 4. The van der Waals surface area contributed by atoms with Crippen LogP contribution in [-0.4, -0.2) is 36.6 Å². The Morgan fingerprint density at radius 3 is 2.06 bits per heavy atom. The Bertz CT molecular complexity index is 972. The highest BCUT2D eigenvalue weighted by atomic mass is 32.2. The fraction of sp³-hybridized carbons (Fsp3) is 0.478. The lowest BCUT2D eigenvalue weighted by atomic mass is 10.2. The third-order valence-corrected chi connectivity index (χ3v) is 6.28. The van der Waals surface area contributed by atoms with Gasteiger partial charge in [0, 0.05) is 0 Å². The SMILES string of the molecule is CC.CC.CCC(CC(O)CO)S(=O)(=O)Nc1ccc(F)c(F)c1Nc1ccc(C)cc1F. The summed E-state index contributed by atoms with van der Waals surface area (Å²) >= 11 is 0. The Balaban J connectivity index is 0.00000242. The Kier molecular flexibility index (Phi) is 13.7. The Hall–Kier alpha value is -2.30. The van der Waals surface area contributed by atoms with Crippen LogP contribution < -0.4 is 10.0 Å². The van der Waals surface area contributed by atoms with Gasteiger partial charge in [-0.05, 0) is 49.6 Å². The minimum Gasteiger partial charge on any atom is -0.394 e. The molecule has 33 heavy (non-hydrogen) atoms. The van der Waals surface area contributed by atoms with Gasteiger partial charge in [0.05, 0.1) is 29.3 Å². The molecule has 0 amide bonds. The van der Waals surface area contributed by atoms with E-state index in [0.29, 0.717) is 5.56 Å². The van der Waals surface area contributed by atoms with Crippen molar-refractivity contribution in [2.24, 2.45) is 0 Å². The number of aryl methyl sites for hydroxylation is 1. The first-order valence-electron chi connectivity index (χ1n) is 10.9. The molecule has 0 aliphatic carbocycles. The summed E-state index contributed by atoms with van der Waals surface area (Å²) in [4.78, 5) is 0. The van der Waals surface area contributed by atoms with Gasteiger partial charge < -0.3 is 15.5 Å². The smallest absolute Gasteiger partial charge is 0.235 e. The summed E-state index contributed by atoms with van der Waals surface area (Å²) in [5, 5.41) is 19.8. The van der Waals surface area contributed by atoms with Gasteiger partial charge in [0.2, 0.25) is 10.0 Å². The van der Waals surface area contributed by atoms with Gasteiger partial charge in [0.1, 0.15) is 11.5 Å². The van der Waals surface area contributed by atoms with Crippen molar-refractivity contribution in [1.82, 2.24) is 0 Å². The summed E-state index contributed by atoms with van der Waals surface area (Å²) in [6.45, 7) is 10.6. The van der Waals surface area contributed by atoms with Crippen molar-refractivity contribution in [3.8, 4) is 0 Å². The predicted octanol–water partition coefficient (Wildman–Crippen LogP) is 5.47. The second-order valence-electron chi connectivity index (χ2n) is 6.64. The molecule has 2 unspecified atom stereocenters. The number of hydrogen-bond acceptors (Lipinski definition) is 5. The normalized spacial score (nSPS) is 12.5. The van der Waals surface area contributed by atoms with Gasteiger partial charge in [-0.25, -0.2) is 21.6 Å². The monoisotopic (exact) mass is 492 g/mol. The molecule has 0 aliphatic heterocycles. The fourth-order valence-electron chi connectivity index (χ4n) is 2.74. The number of nitrogens with one attached hydrogen (secondary N) is 2. The van der Waals surface area contributed by atoms with E-state index in [1.807, 2.05) is 27.7 Å². The number of halogens is 3. The topological polar surface area (TPSA) is 98.7 Å². The summed E-state index contributed by atoms with van der Waals surface area (Å²) in [7, 11) is -4.14. The third kappa shape index (κ3) is 8.87. The average Bonchev–Trinajstić information content (AvgIpc) is 2.80. The predicted molar refractivity (Wildman–Crippen MR) is 128 cm³/mol. The van der Waals surface area contributed by atoms with E-state index in [9.17, 15) is 26.7 Å². The van der Waals surface area contributed by atoms with E-state index >= 15 is 0 Å². The van der Waals surface area contributed by atoms with Crippen molar-refractivity contribution in [3.63, 3.8) is 0 Å². The van der Waals surface area contributed by atoms with Crippen molar-refractivity contribution in [1.29, 1.82) is 0 Å². The van der Waals surface area contributed by atoms with Crippen LogP contribution in [0.3, 0.4) is 0 Å². The van der Waals surface area contributed by atoms with Crippen LogP contribution in [0, 0.1) is 24.4 Å². The third-order valence-electron chi connectivity index (χ3n) is 4.37. The molecule has 2 aromatic rings. The number of anilines is 3. The van der Waals surface area contributed by atoms with Gasteiger partial charge in [-0.1, -0.05) is 40.7 Å². The van der Waals surface area contributed by atoms with Crippen LogP contribution in [-0.2, 0) is 10.0 Å². The molecule has 10 heteroatoms. The quantitative estimate of drug-likeness (QED) is 0.372. The van der Waals surface area contributed by atoms with Crippen molar-refractivity contribution >= 4 is 27.1 Å². The number of aliphatic hydroxyl groups excluding tert-OH is 2. The lowest BCUT2D eigenvalue weighted by Gasteiger charge is -2.21. The van der Waals surface area contributed by atoms with Crippen LogP contribution in [0.2, 0.25) is 0 Å². The van der Waals surface area contributed by atoms with Crippen LogP contribution in [0.1, 0.15) is 53.0 Å². The molecule has 0 heterocycles. The van der Waals surface area contributed by atoms with Crippen molar-refractivity contribution in [3.05, 3.63) is 53.3 Å². The number of aliphatic hydroxyl groups is 2. The highest BCUT2D eigenvalue weighted by Gasteiger charge is 2.28. The molecule has 0 saturated carbocycles. The van der Waals surface area contributed by atoms with Gasteiger partial charge in [-0.15, -0.1) is 0 Å². The summed E-state index contributed by atoms with van der Waals surface area (Å²) in [5.41, 5.74) is -0.445. The van der Waals surface area contributed by atoms with Gasteiger partial charge in [-0.3, -0.25) is 4.72 Å². The van der Waals surface area contributed by atoms with Gasteiger partial charge >= 0.3 is 0 Å². The number of benzene rings is 2. The summed E-state index contributed by atoms with van der Waals surface area (Å²) in [6.07, 6.45) is -1.40. The van der Waals surface area contributed by atoms with Gasteiger partial charge in [0.25, 0.3) is 0 Å². The van der Waals surface area contributed by atoms with Gasteiger partial charge in [0.15, 0.2) is 11.6 Å². The van der Waals surface area contributed by atoms with Crippen LogP contribution in [0.4, 0.5) is 30.2 Å². The molecule has 0 radical (unpaired) electrons. The van der Waals surface area contributed by atoms with Crippen molar-refractivity contribution < 1.29 is 31.8 Å². The highest BCUT2D eigenvalue weighted by Crippen LogP contribution is 2.33. The minimum absolute atomic E-state index is 0.103. The molecule has 0 spiro atoms. The van der Waals surface area contributed by atoms with Crippen LogP contribution in [0.25, 0.3) is 0 Å². The maximum atomic E-state index is 14.4. The molecule has 2 rings (SSSR count). The average molecular weight is 493 g/mol. The molecule has 0 bridgehead atoms. The molecular weight excluding hydrogens is 457 g/mol. The summed E-state index contributed by atoms with van der Waals surface area (Å²) in [6, 6.07) is 5.81. The number of rotatable bonds is 9. The zero-order chi connectivity index (χ0) is 25.8. The molecule has 2 aromatic carbocycles. The molecule has 0 aromatic heterocycles. The lowest BCUT2D eigenvalue weighted by molar-refractivity contribution is 0.0871. The van der Waals surface area contributed by atoms with Crippen molar-refractivity contribution in [2.45, 2.75) is 65.7 Å². The standard InChI is InChI=1S/C19H23F3N2O4S.2C2H6/c1-3-13(9-12(26)10-25)29(27,28)24-17-7-5-14(20)18(22)19(17)23-16-6-4-11(2)8-15(16)21;2*1-2/h4-8,12-13,23-26H,3,9-10H2,1-2H3;2*1-2H3. The fourth-order valence-corrected chi connectivity index (χ4v) is 4.30. The van der Waals surface area contributed by atoms with E-state index in [0.717, 1.165) is 12.1 Å². The first-order chi connectivity index (χ1) is 15.6. The van der Waals surface area contributed by atoms with E-state index < -0.39 is 51.1 Å². The largest absolute Gasteiger partial charge is 0.394 e. The molecule has 4 N–H and O–H groups in total. The maximum absolute atomic E-state index is 14.4. The Morgan fingerprint density at radius 2 is 1.55 bits per heavy atom. The summed E-state index contributed by atoms with van der Waals surface area (Å²) < 4.78 is 69.8. The van der Waals surface area contributed by atoms with E-state index in [4.69, 9.17) is 5.11 Å². The van der Waals surface area contributed by atoms with Crippen molar-refractivity contribution in [2.75, 3.05) is 16.6 Å². The lowest BCUT2D eigenvalue weighted by Crippen LogP contribution is -2.32. The molecular formula is C23H35F3N2O4S. The van der Waals surface area contributed by atoms with E-state index in [1.165, 1.54) is 12.1 Å². The first kappa shape index (κ1) is 30.7. The van der Waals surface area contributed by atoms with E-state index in [1.54, 1.807) is 19.9 Å². The molecule has 0 aliphatic rings. The highest BCUT2D eigenvalue weighted by molar-refractivity contribution is 7.93. The zero-order valence-corrected chi connectivity index (χ0v) is 20.7. The molecule has 0 saturated heterocycles. The molecule has 2 atom stereocenters. The first-order valence-corrected chi connectivity index (χ1v) is 12.4. The number of sulfonamides is 1. The Morgan fingerprint density at radius 1 is 0.970 bits per heavy atom. The molecule has 0 fully saturated rings. The van der Waals surface area contributed by atoms with Crippen LogP contribution >= 0.6 is 0 Å². The van der Waals surface area contributed by atoms with Crippen LogP contribution in [0.5, 0.6) is 0 Å².